The monoisotopic (exact) mass is 388 g/mol. The van der Waals surface area contributed by atoms with Crippen LogP contribution in [-0.2, 0) is 6.42 Å². The predicted octanol–water partition coefficient (Wildman–Crippen LogP) is 6.12. The molecule has 148 valence electrons. The van der Waals surface area contributed by atoms with E-state index in [0.717, 1.165) is 40.8 Å². The molecule has 2 heterocycles. The maximum Gasteiger partial charge on any atom is 0.156 e. The van der Waals surface area contributed by atoms with Crippen LogP contribution in [0.4, 0.5) is 4.39 Å². The Labute approximate surface area is 170 Å². The zero-order chi connectivity index (χ0) is 20.4. The number of benzene rings is 1. The zero-order valence-corrected chi connectivity index (χ0v) is 16.9. The third-order valence-corrected chi connectivity index (χ3v) is 5.51. The van der Waals surface area contributed by atoms with E-state index in [0.29, 0.717) is 29.2 Å². The van der Waals surface area contributed by atoms with Crippen LogP contribution in [0, 0.1) is 5.82 Å². The molecule has 1 aliphatic carbocycles. The van der Waals surface area contributed by atoms with Crippen LogP contribution < -0.4 is 0 Å². The molecule has 5 heteroatoms. The van der Waals surface area contributed by atoms with Crippen molar-refractivity contribution in [3.8, 4) is 11.3 Å². The molecule has 4 nitrogen and oxygen atoms in total. The number of hydrogen-bond acceptors (Lipinski definition) is 3. The molecule has 29 heavy (non-hydrogen) atoms. The summed E-state index contributed by atoms with van der Waals surface area (Å²) in [5.74, 6) is 0.211. The average Bonchev–Trinajstić information content (AvgIpc) is 3.11. The van der Waals surface area contributed by atoms with Crippen molar-refractivity contribution < 1.29 is 4.39 Å². The Morgan fingerprint density at radius 3 is 2.90 bits per heavy atom. The number of nitrogens with zero attached hydrogens (tertiary/aromatic N) is 3. The molecular formula is C24H25FN4. The number of fused-ring (bicyclic) bond motifs is 1. The summed E-state index contributed by atoms with van der Waals surface area (Å²) in [6, 6.07) is 5.76. The van der Waals surface area contributed by atoms with Crippen LogP contribution in [0.1, 0.15) is 50.2 Å². The van der Waals surface area contributed by atoms with Crippen molar-refractivity contribution in [1.82, 2.24) is 15.0 Å². The van der Waals surface area contributed by atoms with Crippen molar-refractivity contribution in [2.75, 3.05) is 0 Å². The third-order valence-electron chi connectivity index (χ3n) is 5.51. The Morgan fingerprint density at radius 1 is 1.34 bits per heavy atom. The van der Waals surface area contributed by atoms with Gasteiger partial charge in [-0.3, -0.25) is 4.99 Å². The van der Waals surface area contributed by atoms with Gasteiger partial charge >= 0.3 is 0 Å². The van der Waals surface area contributed by atoms with Gasteiger partial charge in [0.25, 0.3) is 0 Å². The third kappa shape index (κ3) is 3.90. The van der Waals surface area contributed by atoms with Gasteiger partial charge in [0.2, 0.25) is 0 Å². The number of allylic oxidation sites excluding steroid dienone is 3. The lowest BCUT2D eigenvalue weighted by atomic mass is 9.76. The SMILES string of the molecule is C=C(/C=C(C)\N=C/C)Cc1c(C2CCC2)ccc(-c2cnc3[nH]ccc3n2)c1F. The lowest BCUT2D eigenvalue weighted by Crippen LogP contribution is -2.13. The second-order valence-electron chi connectivity index (χ2n) is 7.60. The summed E-state index contributed by atoms with van der Waals surface area (Å²) >= 11 is 0. The van der Waals surface area contributed by atoms with Crippen LogP contribution in [0.15, 0.2) is 59.5 Å². The maximum atomic E-state index is 15.7. The van der Waals surface area contributed by atoms with Crippen LogP contribution in [0.25, 0.3) is 22.4 Å². The number of H-pyrrole nitrogens is 1. The molecule has 0 atom stereocenters. The molecule has 0 unspecified atom stereocenters. The molecule has 1 fully saturated rings. The van der Waals surface area contributed by atoms with Crippen LogP contribution >= 0.6 is 0 Å². The van der Waals surface area contributed by atoms with E-state index < -0.39 is 0 Å². The quantitative estimate of drug-likeness (QED) is 0.408. The van der Waals surface area contributed by atoms with Gasteiger partial charge in [-0.15, -0.1) is 0 Å². The predicted molar refractivity (Wildman–Crippen MR) is 117 cm³/mol. The molecule has 0 saturated heterocycles. The normalized spacial score (nSPS) is 15.2. The number of hydrogen-bond donors (Lipinski definition) is 1. The summed E-state index contributed by atoms with van der Waals surface area (Å²) in [4.78, 5) is 16.2. The Balaban J connectivity index is 1.75. The average molecular weight is 388 g/mol. The van der Waals surface area contributed by atoms with E-state index in [1.165, 1.54) is 6.42 Å². The molecule has 0 amide bonds. The first-order valence-electron chi connectivity index (χ1n) is 10.0. The van der Waals surface area contributed by atoms with Gasteiger partial charge in [0.15, 0.2) is 5.65 Å². The van der Waals surface area contributed by atoms with Gasteiger partial charge in [-0.25, -0.2) is 14.4 Å². The summed E-state index contributed by atoms with van der Waals surface area (Å²) in [6.07, 6.45) is 11.0. The van der Waals surface area contributed by atoms with E-state index in [2.05, 4.69) is 32.6 Å². The molecule has 0 bridgehead atoms. The summed E-state index contributed by atoms with van der Waals surface area (Å²) in [5.41, 5.74) is 5.98. The molecule has 4 rings (SSSR count). The molecule has 0 radical (unpaired) electrons. The Morgan fingerprint density at radius 2 is 2.17 bits per heavy atom. The highest BCUT2D eigenvalue weighted by Gasteiger charge is 2.25. The van der Waals surface area contributed by atoms with Crippen molar-refractivity contribution in [2.24, 2.45) is 4.99 Å². The zero-order valence-electron chi connectivity index (χ0n) is 16.9. The topological polar surface area (TPSA) is 53.9 Å². The summed E-state index contributed by atoms with van der Waals surface area (Å²) in [5, 5.41) is 0. The van der Waals surface area contributed by atoms with E-state index in [1.54, 1.807) is 18.6 Å². The van der Waals surface area contributed by atoms with Gasteiger partial charge in [-0.1, -0.05) is 19.1 Å². The standard InChI is InChI=1S/C24H25FN4/c1-4-26-16(3)12-15(2)13-20-18(17-6-5-7-17)8-9-19(23(20)25)22-14-28-24-21(29-22)10-11-27-24/h4,8-12,14,17H,2,5-7,13H2,1,3H3,(H,27,28)/b16-12-,26-4-. The second kappa shape index (κ2) is 8.11. The molecule has 1 aromatic carbocycles. The Kier molecular flexibility index (Phi) is 5.38. The molecule has 1 aliphatic rings. The van der Waals surface area contributed by atoms with Gasteiger partial charge in [0.05, 0.1) is 11.9 Å². The number of aliphatic imine (C=N–C) groups is 1. The van der Waals surface area contributed by atoms with Crippen molar-refractivity contribution in [3.05, 3.63) is 71.5 Å². The van der Waals surface area contributed by atoms with Crippen LogP contribution in [0.5, 0.6) is 0 Å². The van der Waals surface area contributed by atoms with Gasteiger partial charge in [-0.05, 0) is 67.5 Å². The highest BCUT2D eigenvalue weighted by molar-refractivity contribution is 5.74. The van der Waals surface area contributed by atoms with Gasteiger partial charge in [0.1, 0.15) is 11.3 Å². The molecule has 2 aromatic heterocycles. The highest BCUT2D eigenvalue weighted by atomic mass is 19.1. The number of aromatic amines is 1. The largest absolute Gasteiger partial charge is 0.345 e. The summed E-state index contributed by atoms with van der Waals surface area (Å²) in [7, 11) is 0. The molecule has 0 aliphatic heterocycles. The van der Waals surface area contributed by atoms with Crippen LogP contribution in [-0.4, -0.2) is 21.2 Å². The highest BCUT2D eigenvalue weighted by Crippen LogP contribution is 2.41. The van der Waals surface area contributed by atoms with Crippen LogP contribution in [0.2, 0.25) is 0 Å². The van der Waals surface area contributed by atoms with E-state index in [4.69, 9.17) is 0 Å². The first kappa shape index (κ1) is 19.2. The number of halogens is 1. The molecule has 0 spiro atoms. The molecular weight excluding hydrogens is 363 g/mol. The minimum absolute atomic E-state index is 0.218. The number of rotatable bonds is 6. The fourth-order valence-corrected chi connectivity index (χ4v) is 3.89. The lowest BCUT2D eigenvalue weighted by molar-refractivity contribution is 0.415. The Bertz CT molecular complexity index is 1120. The first-order valence-corrected chi connectivity index (χ1v) is 10.0. The van der Waals surface area contributed by atoms with Crippen LogP contribution in [0.3, 0.4) is 0 Å². The molecule has 1 saturated carbocycles. The smallest absolute Gasteiger partial charge is 0.156 e. The lowest BCUT2D eigenvalue weighted by Gasteiger charge is -2.29. The van der Waals surface area contributed by atoms with Crippen molar-refractivity contribution >= 4 is 17.4 Å². The summed E-state index contributed by atoms with van der Waals surface area (Å²) < 4.78 is 15.7. The van der Waals surface area contributed by atoms with Gasteiger partial charge < -0.3 is 4.98 Å². The fourth-order valence-electron chi connectivity index (χ4n) is 3.89. The van der Waals surface area contributed by atoms with Crippen molar-refractivity contribution in [2.45, 2.75) is 45.4 Å². The van der Waals surface area contributed by atoms with E-state index >= 15 is 4.39 Å². The summed E-state index contributed by atoms with van der Waals surface area (Å²) in [6.45, 7) is 7.94. The van der Waals surface area contributed by atoms with Gasteiger partial charge in [-0.2, -0.15) is 0 Å². The number of aromatic nitrogens is 3. The van der Waals surface area contributed by atoms with E-state index in [-0.39, 0.29) is 5.82 Å². The second-order valence-corrected chi connectivity index (χ2v) is 7.60. The fraction of sp³-hybridized carbons (Fsp3) is 0.292. The molecule has 1 N–H and O–H groups in total. The van der Waals surface area contributed by atoms with Gasteiger partial charge in [0, 0.05) is 30.1 Å². The first-order chi connectivity index (χ1) is 14.1. The van der Waals surface area contributed by atoms with E-state index in [9.17, 15) is 0 Å². The maximum absolute atomic E-state index is 15.7. The minimum Gasteiger partial charge on any atom is -0.345 e. The van der Waals surface area contributed by atoms with Crippen molar-refractivity contribution in [1.29, 1.82) is 0 Å². The Hall–Kier alpha value is -3.08. The van der Waals surface area contributed by atoms with E-state index in [1.807, 2.05) is 32.1 Å². The molecule has 3 aromatic rings. The minimum atomic E-state index is -0.218. The van der Waals surface area contributed by atoms with Crippen molar-refractivity contribution in [3.63, 3.8) is 0 Å². The number of nitrogens with one attached hydrogen (secondary N) is 1.